The molecule has 0 rings (SSSR count). The number of ketones is 1. The molecule has 0 aliphatic carbocycles. The molecule has 0 aliphatic rings. The maximum atomic E-state index is 10.8. The second-order valence-electron chi connectivity index (χ2n) is 3.45. The summed E-state index contributed by atoms with van der Waals surface area (Å²) in [5.74, 6) is -1.69. The second-order valence-corrected chi connectivity index (χ2v) is 3.45. The van der Waals surface area contributed by atoms with Gasteiger partial charge in [-0.25, -0.2) is 0 Å². The van der Waals surface area contributed by atoms with Gasteiger partial charge in [0.1, 0.15) is 5.97 Å². The Hall–Kier alpha value is -0.900. The van der Waals surface area contributed by atoms with E-state index in [0.29, 0.717) is 0 Å². The molecule has 0 N–H and O–H groups in total. The highest BCUT2D eigenvalue weighted by atomic mass is 16.4. The number of carbonyl (C=O) groups is 2. The topological polar surface area (TPSA) is 57.2 Å². The lowest BCUT2D eigenvalue weighted by molar-refractivity contribution is -0.880. The van der Waals surface area contributed by atoms with E-state index >= 15 is 0 Å². The summed E-state index contributed by atoms with van der Waals surface area (Å²) >= 11 is 0. The molecule has 0 aromatic rings. The van der Waals surface area contributed by atoms with E-state index in [1.54, 1.807) is 21.1 Å². The van der Waals surface area contributed by atoms with Crippen molar-refractivity contribution in [2.75, 3.05) is 21.1 Å². The molecule has 0 heterocycles. The van der Waals surface area contributed by atoms with Gasteiger partial charge in [-0.3, -0.25) is 4.79 Å². The normalized spacial score (nSPS) is 14.2. The maximum Gasteiger partial charge on any atom is 0.192 e. The summed E-state index contributed by atoms with van der Waals surface area (Å²) in [6.07, 6.45) is 0. The number of aliphatic carboxylic acids is 1. The van der Waals surface area contributed by atoms with Gasteiger partial charge >= 0.3 is 0 Å². The third-order valence-electron chi connectivity index (χ3n) is 1.38. The number of carboxylic acid groups (broad SMARTS) is 1. The van der Waals surface area contributed by atoms with E-state index in [1.165, 1.54) is 6.92 Å². The molecule has 64 valence electrons. The summed E-state index contributed by atoms with van der Waals surface area (Å²) < 4.78 is 0.0671. The van der Waals surface area contributed by atoms with Crippen molar-refractivity contribution in [2.24, 2.45) is 0 Å². The van der Waals surface area contributed by atoms with Gasteiger partial charge in [0.25, 0.3) is 0 Å². The molecule has 1 unspecified atom stereocenters. The van der Waals surface area contributed by atoms with Crippen molar-refractivity contribution in [3.05, 3.63) is 0 Å². The quantitative estimate of drug-likeness (QED) is 0.368. The molecule has 0 saturated heterocycles. The zero-order valence-corrected chi connectivity index (χ0v) is 7.25. The van der Waals surface area contributed by atoms with Crippen LogP contribution >= 0.6 is 0 Å². The van der Waals surface area contributed by atoms with Crippen LogP contribution in [0.2, 0.25) is 0 Å². The predicted molar refractivity (Wildman–Crippen MR) is 37.5 cm³/mol. The molecule has 0 radical (unpaired) electrons. The number of Topliss-reactive ketones (excluding diaryl/α,β-unsaturated/α-hetero) is 1. The lowest BCUT2D eigenvalue weighted by atomic mass is 10.1. The van der Waals surface area contributed by atoms with Crippen molar-refractivity contribution in [1.82, 2.24) is 0 Å². The zero-order chi connectivity index (χ0) is 9.23. The van der Waals surface area contributed by atoms with Gasteiger partial charge in [0.15, 0.2) is 11.8 Å². The Labute approximate surface area is 66.0 Å². The fourth-order valence-electron chi connectivity index (χ4n) is 1.03. The summed E-state index contributed by atoms with van der Waals surface area (Å²) in [6, 6.07) is -1.06. The molecular weight excluding hydrogens is 146 g/mol. The second kappa shape index (κ2) is 3.00. The van der Waals surface area contributed by atoms with Gasteiger partial charge in [0, 0.05) is 6.92 Å². The van der Waals surface area contributed by atoms with E-state index in [2.05, 4.69) is 0 Å². The lowest BCUT2D eigenvalue weighted by Gasteiger charge is -2.32. The first-order valence-electron chi connectivity index (χ1n) is 3.29. The Morgan fingerprint density at radius 1 is 1.27 bits per heavy atom. The Bertz CT molecular complexity index is 167. The minimum Gasteiger partial charge on any atom is -0.544 e. The summed E-state index contributed by atoms with van der Waals surface area (Å²) in [7, 11) is 4.92. The van der Waals surface area contributed by atoms with Gasteiger partial charge in [-0.2, -0.15) is 0 Å². The highest BCUT2D eigenvalue weighted by Gasteiger charge is 2.29. The molecular formula is C7H13NO3. The van der Waals surface area contributed by atoms with E-state index in [0.717, 1.165) is 0 Å². The number of hydrogen-bond donors (Lipinski definition) is 0. The Kier molecular flexibility index (Phi) is 2.76. The van der Waals surface area contributed by atoms with Crippen LogP contribution in [0.3, 0.4) is 0 Å². The van der Waals surface area contributed by atoms with Gasteiger partial charge in [0.05, 0.1) is 21.1 Å². The fourth-order valence-corrected chi connectivity index (χ4v) is 1.03. The summed E-state index contributed by atoms with van der Waals surface area (Å²) in [4.78, 5) is 21.2. The van der Waals surface area contributed by atoms with Gasteiger partial charge < -0.3 is 14.4 Å². The minimum absolute atomic E-state index is 0.0671. The average molecular weight is 159 g/mol. The van der Waals surface area contributed by atoms with Gasteiger partial charge in [0.2, 0.25) is 0 Å². The van der Waals surface area contributed by atoms with E-state index in [9.17, 15) is 14.7 Å². The molecule has 0 bridgehead atoms. The van der Waals surface area contributed by atoms with Crippen molar-refractivity contribution in [3.63, 3.8) is 0 Å². The number of quaternary nitrogens is 1. The zero-order valence-electron chi connectivity index (χ0n) is 7.25. The van der Waals surface area contributed by atoms with Crippen molar-refractivity contribution < 1.29 is 19.2 Å². The lowest BCUT2D eigenvalue weighted by Crippen LogP contribution is -2.58. The molecule has 0 aliphatic heterocycles. The van der Waals surface area contributed by atoms with Crippen LogP contribution in [0.1, 0.15) is 6.92 Å². The van der Waals surface area contributed by atoms with E-state index in [-0.39, 0.29) is 10.3 Å². The first kappa shape index (κ1) is 10.1. The van der Waals surface area contributed by atoms with Crippen LogP contribution in [0, 0.1) is 0 Å². The number of carbonyl (C=O) groups excluding carboxylic acids is 2. The van der Waals surface area contributed by atoms with Gasteiger partial charge in [-0.15, -0.1) is 0 Å². The summed E-state index contributed by atoms with van der Waals surface area (Å²) in [5.41, 5.74) is 0. The fraction of sp³-hybridized carbons (Fsp3) is 0.714. The predicted octanol–water partition coefficient (Wildman–Crippen LogP) is -1.60. The number of rotatable bonds is 3. The molecule has 4 heteroatoms. The molecule has 0 spiro atoms. The largest absolute Gasteiger partial charge is 0.544 e. The molecule has 0 amide bonds. The molecule has 4 nitrogen and oxygen atoms in total. The third kappa shape index (κ3) is 2.67. The van der Waals surface area contributed by atoms with E-state index < -0.39 is 12.0 Å². The van der Waals surface area contributed by atoms with Gasteiger partial charge in [-0.1, -0.05) is 0 Å². The molecule has 0 aromatic carbocycles. The molecule has 11 heavy (non-hydrogen) atoms. The first-order chi connectivity index (χ1) is 4.76. The number of hydrogen-bond acceptors (Lipinski definition) is 3. The number of likely N-dealkylation sites (N-methyl/N-ethyl adjacent to an activating group) is 1. The average Bonchev–Trinajstić information content (AvgIpc) is 1.54. The third-order valence-corrected chi connectivity index (χ3v) is 1.38. The Balaban J connectivity index is 4.63. The van der Waals surface area contributed by atoms with Crippen LogP contribution in [-0.2, 0) is 9.59 Å². The van der Waals surface area contributed by atoms with Crippen LogP contribution < -0.4 is 5.11 Å². The smallest absolute Gasteiger partial charge is 0.192 e. The van der Waals surface area contributed by atoms with Crippen LogP contribution in [0.15, 0.2) is 0 Å². The number of nitrogens with zero attached hydrogens (tertiary/aromatic N) is 1. The van der Waals surface area contributed by atoms with Crippen molar-refractivity contribution >= 4 is 11.8 Å². The molecule has 0 aromatic heterocycles. The van der Waals surface area contributed by atoms with Crippen LogP contribution in [0.5, 0.6) is 0 Å². The monoisotopic (exact) mass is 159 g/mol. The summed E-state index contributed by atoms with van der Waals surface area (Å²) in [5, 5.41) is 10.4. The Morgan fingerprint density at radius 3 is 1.64 bits per heavy atom. The van der Waals surface area contributed by atoms with E-state index in [4.69, 9.17) is 0 Å². The Morgan fingerprint density at radius 2 is 1.64 bits per heavy atom. The van der Waals surface area contributed by atoms with Crippen LogP contribution in [-0.4, -0.2) is 43.4 Å². The maximum absolute atomic E-state index is 10.8. The van der Waals surface area contributed by atoms with E-state index in [1.807, 2.05) is 0 Å². The molecule has 0 saturated carbocycles. The molecule has 0 fully saturated rings. The summed E-state index contributed by atoms with van der Waals surface area (Å²) in [6.45, 7) is 1.25. The van der Waals surface area contributed by atoms with Crippen molar-refractivity contribution in [1.29, 1.82) is 0 Å². The van der Waals surface area contributed by atoms with Crippen LogP contribution in [0.25, 0.3) is 0 Å². The van der Waals surface area contributed by atoms with Crippen LogP contribution in [0.4, 0.5) is 0 Å². The standard InChI is InChI=1S/C7H13NO3/c1-5(9)6(7(10)11)8(2,3)4/h6H,1-4H3. The van der Waals surface area contributed by atoms with Crippen molar-refractivity contribution in [3.8, 4) is 0 Å². The molecule has 1 atom stereocenters. The minimum atomic E-state index is -1.31. The van der Waals surface area contributed by atoms with Crippen molar-refractivity contribution in [2.45, 2.75) is 13.0 Å². The highest BCUT2D eigenvalue weighted by molar-refractivity contribution is 5.98. The highest BCUT2D eigenvalue weighted by Crippen LogP contribution is 2.02. The first-order valence-corrected chi connectivity index (χ1v) is 3.29. The number of carboxylic acids is 1. The SMILES string of the molecule is CC(=O)C(C(=O)[O-])[N+](C)(C)C. The van der Waals surface area contributed by atoms with Gasteiger partial charge in [-0.05, 0) is 0 Å².